The predicted octanol–water partition coefficient (Wildman–Crippen LogP) is 0.551. The van der Waals surface area contributed by atoms with Crippen LogP contribution in [0.1, 0.15) is 11.3 Å². The molecule has 6 heteroatoms. The van der Waals surface area contributed by atoms with Crippen LogP contribution in [-0.2, 0) is 9.53 Å². The molecule has 1 N–H and O–H groups in total. The molecule has 1 unspecified atom stereocenters. The van der Waals surface area contributed by atoms with E-state index in [0.29, 0.717) is 24.5 Å². The highest BCUT2D eigenvalue weighted by Crippen LogP contribution is 2.20. The fourth-order valence-corrected chi connectivity index (χ4v) is 1.86. The summed E-state index contributed by atoms with van der Waals surface area (Å²) in [4.78, 5) is 17.0. The van der Waals surface area contributed by atoms with Crippen molar-refractivity contribution in [2.24, 2.45) is 0 Å². The summed E-state index contributed by atoms with van der Waals surface area (Å²) in [6, 6.07) is 5.53. The molecule has 1 saturated heterocycles. The molecular formula is C12H13N3O3. The third kappa shape index (κ3) is 2.41. The van der Waals surface area contributed by atoms with Crippen molar-refractivity contribution in [2.75, 3.05) is 24.6 Å². The maximum Gasteiger partial charge on any atom is 0.334 e. The number of morpholine rings is 1. The molecule has 0 saturated carbocycles. The van der Waals surface area contributed by atoms with Crippen LogP contribution in [0.3, 0.4) is 0 Å². The van der Waals surface area contributed by atoms with Crippen LogP contribution in [0.4, 0.5) is 5.82 Å². The van der Waals surface area contributed by atoms with Crippen LogP contribution in [0, 0.1) is 18.3 Å². The zero-order chi connectivity index (χ0) is 13.1. The van der Waals surface area contributed by atoms with Gasteiger partial charge in [-0.3, -0.25) is 0 Å². The maximum absolute atomic E-state index is 10.9. The third-order valence-corrected chi connectivity index (χ3v) is 2.78. The van der Waals surface area contributed by atoms with Crippen molar-refractivity contribution >= 4 is 11.8 Å². The number of aromatic nitrogens is 1. The molecule has 1 atom stereocenters. The predicted molar refractivity (Wildman–Crippen MR) is 63.3 cm³/mol. The summed E-state index contributed by atoms with van der Waals surface area (Å²) in [5.74, 6) is -0.460. The Morgan fingerprint density at radius 2 is 2.44 bits per heavy atom. The maximum atomic E-state index is 10.9. The minimum Gasteiger partial charge on any atom is -0.479 e. The number of ether oxygens (including phenoxy) is 1. The Hall–Kier alpha value is -2.13. The third-order valence-electron chi connectivity index (χ3n) is 2.78. The number of carboxylic acid groups (broad SMARTS) is 1. The van der Waals surface area contributed by atoms with Crippen molar-refractivity contribution in [1.82, 2.24) is 4.98 Å². The van der Waals surface area contributed by atoms with Gasteiger partial charge in [0.1, 0.15) is 11.9 Å². The minimum atomic E-state index is -0.995. The van der Waals surface area contributed by atoms with E-state index >= 15 is 0 Å². The SMILES string of the molecule is Cc1ccc(C#N)c(N2CCOC(C(=O)O)C2)n1. The molecule has 1 aromatic heterocycles. The monoisotopic (exact) mass is 247 g/mol. The van der Waals surface area contributed by atoms with E-state index in [1.165, 1.54) is 0 Å². The van der Waals surface area contributed by atoms with E-state index in [-0.39, 0.29) is 6.54 Å². The Kier molecular flexibility index (Phi) is 3.44. The van der Waals surface area contributed by atoms with Gasteiger partial charge in [0.25, 0.3) is 0 Å². The summed E-state index contributed by atoms with van der Waals surface area (Å²) in [5, 5.41) is 18.0. The number of pyridine rings is 1. The normalized spacial score (nSPS) is 19.3. The van der Waals surface area contributed by atoms with Crippen LogP contribution < -0.4 is 4.90 Å². The summed E-state index contributed by atoms with van der Waals surface area (Å²) in [5.41, 5.74) is 1.24. The Bertz CT molecular complexity index is 510. The lowest BCUT2D eigenvalue weighted by molar-refractivity contribution is -0.150. The molecule has 6 nitrogen and oxygen atoms in total. The molecule has 0 radical (unpaired) electrons. The van der Waals surface area contributed by atoms with Gasteiger partial charge in [-0.2, -0.15) is 5.26 Å². The van der Waals surface area contributed by atoms with E-state index in [0.717, 1.165) is 5.69 Å². The number of hydrogen-bond donors (Lipinski definition) is 1. The van der Waals surface area contributed by atoms with E-state index in [2.05, 4.69) is 11.1 Å². The fourth-order valence-electron chi connectivity index (χ4n) is 1.86. The van der Waals surface area contributed by atoms with Crippen molar-refractivity contribution in [3.8, 4) is 6.07 Å². The van der Waals surface area contributed by atoms with E-state index < -0.39 is 12.1 Å². The topological polar surface area (TPSA) is 86.5 Å². The van der Waals surface area contributed by atoms with Gasteiger partial charge in [0.05, 0.1) is 18.7 Å². The van der Waals surface area contributed by atoms with E-state index in [1.54, 1.807) is 17.0 Å². The van der Waals surface area contributed by atoms with Crippen LogP contribution in [-0.4, -0.2) is 41.9 Å². The molecular weight excluding hydrogens is 234 g/mol. The van der Waals surface area contributed by atoms with Gasteiger partial charge < -0.3 is 14.7 Å². The molecule has 0 amide bonds. The molecule has 0 spiro atoms. The average Bonchev–Trinajstić information content (AvgIpc) is 2.39. The lowest BCUT2D eigenvalue weighted by Gasteiger charge is -2.32. The van der Waals surface area contributed by atoms with Crippen molar-refractivity contribution in [1.29, 1.82) is 5.26 Å². The van der Waals surface area contributed by atoms with Gasteiger partial charge in [0.15, 0.2) is 6.10 Å². The lowest BCUT2D eigenvalue weighted by atomic mass is 10.2. The first-order valence-electron chi connectivity index (χ1n) is 5.59. The van der Waals surface area contributed by atoms with Crippen LogP contribution in [0.25, 0.3) is 0 Å². The second kappa shape index (κ2) is 5.02. The Morgan fingerprint density at radius 1 is 1.67 bits per heavy atom. The van der Waals surface area contributed by atoms with Crippen molar-refractivity contribution < 1.29 is 14.6 Å². The molecule has 1 aromatic rings. The number of nitrogens with zero attached hydrogens (tertiary/aromatic N) is 3. The molecule has 1 aliphatic heterocycles. The number of carboxylic acids is 1. The van der Waals surface area contributed by atoms with Crippen LogP contribution in [0.2, 0.25) is 0 Å². The first kappa shape index (κ1) is 12.3. The quantitative estimate of drug-likeness (QED) is 0.821. The molecule has 94 valence electrons. The smallest absolute Gasteiger partial charge is 0.334 e. The van der Waals surface area contributed by atoms with E-state index in [9.17, 15) is 4.79 Å². The standard InChI is InChI=1S/C12H13N3O3/c1-8-2-3-9(6-13)11(14-8)15-4-5-18-10(7-15)12(16)17/h2-3,10H,4-5,7H2,1H3,(H,16,17). The van der Waals surface area contributed by atoms with Gasteiger partial charge in [0.2, 0.25) is 0 Å². The first-order chi connectivity index (χ1) is 8.61. The van der Waals surface area contributed by atoms with Gasteiger partial charge in [-0.15, -0.1) is 0 Å². The molecule has 2 rings (SSSR count). The Balaban J connectivity index is 2.28. The largest absolute Gasteiger partial charge is 0.479 e. The first-order valence-corrected chi connectivity index (χ1v) is 5.59. The number of carbonyl (C=O) groups is 1. The molecule has 0 bridgehead atoms. The lowest BCUT2D eigenvalue weighted by Crippen LogP contribution is -2.46. The molecule has 1 aliphatic rings. The average molecular weight is 247 g/mol. The highest BCUT2D eigenvalue weighted by molar-refractivity contribution is 5.73. The molecule has 1 fully saturated rings. The Morgan fingerprint density at radius 3 is 3.11 bits per heavy atom. The highest BCUT2D eigenvalue weighted by atomic mass is 16.5. The summed E-state index contributed by atoms with van der Waals surface area (Å²) >= 11 is 0. The fraction of sp³-hybridized carbons (Fsp3) is 0.417. The summed E-state index contributed by atoms with van der Waals surface area (Å²) in [7, 11) is 0. The number of nitriles is 1. The van der Waals surface area contributed by atoms with E-state index in [4.69, 9.17) is 15.1 Å². The van der Waals surface area contributed by atoms with Gasteiger partial charge in [0, 0.05) is 12.2 Å². The minimum absolute atomic E-state index is 0.209. The van der Waals surface area contributed by atoms with Crippen molar-refractivity contribution in [3.05, 3.63) is 23.4 Å². The van der Waals surface area contributed by atoms with Crippen molar-refractivity contribution in [3.63, 3.8) is 0 Å². The molecule has 18 heavy (non-hydrogen) atoms. The van der Waals surface area contributed by atoms with Gasteiger partial charge in [-0.1, -0.05) is 0 Å². The number of aliphatic carboxylic acids is 1. The number of anilines is 1. The van der Waals surface area contributed by atoms with Crippen molar-refractivity contribution in [2.45, 2.75) is 13.0 Å². The molecule has 0 aliphatic carbocycles. The number of hydrogen-bond acceptors (Lipinski definition) is 5. The van der Waals surface area contributed by atoms with Gasteiger partial charge in [-0.25, -0.2) is 9.78 Å². The van der Waals surface area contributed by atoms with Crippen LogP contribution in [0.5, 0.6) is 0 Å². The molecule has 2 heterocycles. The zero-order valence-electron chi connectivity index (χ0n) is 9.96. The summed E-state index contributed by atoms with van der Waals surface area (Å²) in [6.45, 7) is 2.90. The summed E-state index contributed by atoms with van der Waals surface area (Å²) in [6.07, 6.45) is -0.868. The van der Waals surface area contributed by atoms with E-state index in [1.807, 2.05) is 6.92 Å². The number of rotatable bonds is 2. The highest BCUT2D eigenvalue weighted by Gasteiger charge is 2.28. The molecule has 0 aromatic carbocycles. The summed E-state index contributed by atoms with van der Waals surface area (Å²) < 4.78 is 5.14. The van der Waals surface area contributed by atoms with Crippen LogP contribution in [0.15, 0.2) is 12.1 Å². The second-order valence-electron chi connectivity index (χ2n) is 4.08. The van der Waals surface area contributed by atoms with Gasteiger partial charge >= 0.3 is 5.97 Å². The Labute approximate surface area is 104 Å². The number of aryl methyl sites for hydroxylation is 1. The zero-order valence-corrected chi connectivity index (χ0v) is 9.96. The second-order valence-corrected chi connectivity index (χ2v) is 4.08. The van der Waals surface area contributed by atoms with Gasteiger partial charge in [-0.05, 0) is 19.1 Å². The van der Waals surface area contributed by atoms with Crippen LogP contribution >= 0.6 is 0 Å².